The Morgan fingerprint density at radius 3 is 2.61 bits per heavy atom. The minimum atomic E-state index is -0.875. The molecule has 0 aromatic heterocycles. The standard InChI is InChI=1S/C10H8ClNO6/c1-16-10(13)7-6(12(14)15)4-5(11)8-9(7)18-3-2-17-8/h4H,2-3H2,1H3. The third-order valence-corrected chi connectivity index (χ3v) is 2.61. The fourth-order valence-electron chi connectivity index (χ4n) is 1.60. The predicted octanol–water partition coefficient (Wildman–Crippen LogP) is 1.81. The van der Waals surface area contributed by atoms with E-state index in [0.717, 1.165) is 13.2 Å². The van der Waals surface area contributed by atoms with E-state index in [-0.39, 0.29) is 35.3 Å². The summed E-state index contributed by atoms with van der Waals surface area (Å²) in [6, 6.07) is 1.04. The lowest BCUT2D eigenvalue weighted by molar-refractivity contribution is -0.385. The van der Waals surface area contributed by atoms with Crippen LogP contribution in [0.5, 0.6) is 11.5 Å². The Bertz CT molecular complexity index is 530. The van der Waals surface area contributed by atoms with Crippen molar-refractivity contribution < 1.29 is 23.9 Å². The summed E-state index contributed by atoms with van der Waals surface area (Å²) in [6.45, 7) is 0.430. The Labute approximate surface area is 106 Å². The third-order valence-electron chi connectivity index (χ3n) is 2.33. The Hall–Kier alpha value is -2.02. The van der Waals surface area contributed by atoms with E-state index >= 15 is 0 Å². The molecule has 1 heterocycles. The molecule has 0 radical (unpaired) electrons. The van der Waals surface area contributed by atoms with Crippen LogP contribution < -0.4 is 9.47 Å². The van der Waals surface area contributed by atoms with E-state index in [1.807, 2.05) is 0 Å². The first-order valence-electron chi connectivity index (χ1n) is 4.91. The van der Waals surface area contributed by atoms with E-state index in [1.54, 1.807) is 0 Å². The molecule has 8 heteroatoms. The van der Waals surface area contributed by atoms with Gasteiger partial charge < -0.3 is 14.2 Å². The van der Waals surface area contributed by atoms with Gasteiger partial charge in [0.15, 0.2) is 17.1 Å². The smallest absolute Gasteiger partial charge is 0.348 e. The SMILES string of the molecule is COC(=O)c1c([N+](=O)[O-])cc(Cl)c2c1OCCO2. The predicted molar refractivity (Wildman–Crippen MR) is 60.4 cm³/mol. The van der Waals surface area contributed by atoms with Gasteiger partial charge in [-0.15, -0.1) is 0 Å². The van der Waals surface area contributed by atoms with E-state index in [9.17, 15) is 14.9 Å². The minimum Gasteiger partial charge on any atom is -0.485 e. The molecule has 0 saturated heterocycles. The quantitative estimate of drug-likeness (QED) is 0.464. The van der Waals surface area contributed by atoms with Crippen molar-refractivity contribution in [1.29, 1.82) is 0 Å². The van der Waals surface area contributed by atoms with Crippen molar-refractivity contribution in [3.63, 3.8) is 0 Å². The van der Waals surface area contributed by atoms with Crippen LogP contribution in [-0.2, 0) is 4.74 Å². The number of nitro benzene ring substituents is 1. The molecule has 7 nitrogen and oxygen atoms in total. The maximum atomic E-state index is 11.6. The van der Waals surface area contributed by atoms with Crippen molar-refractivity contribution >= 4 is 23.3 Å². The average Bonchev–Trinajstić information content (AvgIpc) is 2.37. The van der Waals surface area contributed by atoms with Crippen LogP contribution in [0, 0.1) is 10.1 Å². The van der Waals surface area contributed by atoms with Gasteiger partial charge in [-0.1, -0.05) is 11.6 Å². The van der Waals surface area contributed by atoms with Crippen LogP contribution in [0.1, 0.15) is 10.4 Å². The van der Waals surface area contributed by atoms with E-state index in [0.29, 0.717) is 0 Å². The van der Waals surface area contributed by atoms with E-state index < -0.39 is 16.6 Å². The summed E-state index contributed by atoms with van der Waals surface area (Å²) >= 11 is 5.85. The van der Waals surface area contributed by atoms with Crippen molar-refractivity contribution in [2.75, 3.05) is 20.3 Å². The zero-order chi connectivity index (χ0) is 13.3. The van der Waals surface area contributed by atoms with Gasteiger partial charge in [0.05, 0.1) is 17.1 Å². The van der Waals surface area contributed by atoms with Crippen LogP contribution >= 0.6 is 11.6 Å². The van der Waals surface area contributed by atoms with Gasteiger partial charge in [-0.3, -0.25) is 10.1 Å². The Morgan fingerprint density at radius 2 is 2.06 bits per heavy atom. The summed E-state index contributed by atoms with van der Waals surface area (Å²) in [5.74, 6) is -0.804. The first-order valence-corrected chi connectivity index (χ1v) is 5.29. The highest BCUT2D eigenvalue weighted by Gasteiger charge is 2.33. The Balaban J connectivity index is 2.72. The summed E-state index contributed by atoms with van der Waals surface area (Å²) in [5.41, 5.74) is -0.766. The van der Waals surface area contributed by atoms with Gasteiger partial charge in [-0.05, 0) is 0 Å². The van der Waals surface area contributed by atoms with Crippen LogP contribution in [0.15, 0.2) is 6.07 Å². The molecule has 0 N–H and O–H groups in total. The number of hydrogen-bond acceptors (Lipinski definition) is 6. The number of esters is 1. The summed E-state index contributed by atoms with van der Waals surface area (Å²) in [4.78, 5) is 21.8. The number of ether oxygens (including phenoxy) is 3. The maximum Gasteiger partial charge on any atom is 0.348 e. The second-order valence-electron chi connectivity index (χ2n) is 3.36. The van der Waals surface area contributed by atoms with Crippen molar-refractivity contribution in [1.82, 2.24) is 0 Å². The first-order chi connectivity index (χ1) is 8.56. The number of nitrogens with zero attached hydrogens (tertiary/aromatic N) is 1. The summed E-state index contributed by atoms with van der Waals surface area (Å²) in [5, 5.41) is 10.9. The van der Waals surface area contributed by atoms with Crippen molar-refractivity contribution in [3.8, 4) is 11.5 Å². The highest BCUT2D eigenvalue weighted by molar-refractivity contribution is 6.33. The van der Waals surface area contributed by atoms with E-state index in [4.69, 9.17) is 21.1 Å². The second kappa shape index (κ2) is 4.69. The molecular formula is C10H8ClNO6. The molecule has 1 aromatic rings. The molecule has 0 spiro atoms. The number of halogens is 1. The zero-order valence-corrected chi connectivity index (χ0v) is 10.0. The van der Waals surface area contributed by atoms with Crippen LogP contribution in [-0.4, -0.2) is 31.2 Å². The molecule has 0 saturated carbocycles. The number of rotatable bonds is 2. The van der Waals surface area contributed by atoms with Crippen LogP contribution in [0.25, 0.3) is 0 Å². The molecule has 0 atom stereocenters. The van der Waals surface area contributed by atoms with Gasteiger partial charge >= 0.3 is 5.97 Å². The molecular weight excluding hydrogens is 266 g/mol. The van der Waals surface area contributed by atoms with Gasteiger partial charge in [-0.25, -0.2) is 4.79 Å². The summed E-state index contributed by atoms with van der Waals surface area (Å²) < 4.78 is 15.0. The van der Waals surface area contributed by atoms with Crippen LogP contribution in [0.2, 0.25) is 5.02 Å². The lowest BCUT2D eigenvalue weighted by Crippen LogP contribution is -2.19. The Kier molecular flexibility index (Phi) is 3.24. The van der Waals surface area contributed by atoms with Crippen molar-refractivity contribution in [2.45, 2.75) is 0 Å². The fraction of sp³-hybridized carbons (Fsp3) is 0.300. The molecule has 0 amide bonds. The highest BCUT2D eigenvalue weighted by atomic mass is 35.5. The van der Waals surface area contributed by atoms with E-state index in [1.165, 1.54) is 0 Å². The molecule has 0 aliphatic carbocycles. The highest BCUT2D eigenvalue weighted by Crippen LogP contribution is 2.44. The van der Waals surface area contributed by atoms with Crippen LogP contribution in [0.4, 0.5) is 5.69 Å². The fourth-order valence-corrected chi connectivity index (χ4v) is 1.84. The monoisotopic (exact) mass is 273 g/mol. The molecule has 0 bridgehead atoms. The molecule has 1 aliphatic heterocycles. The number of fused-ring (bicyclic) bond motifs is 1. The Morgan fingerprint density at radius 1 is 1.44 bits per heavy atom. The molecule has 1 aromatic carbocycles. The van der Waals surface area contributed by atoms with Gasteiger partial charge in [0.25, 0.3) is 5.69 Å². The van der Waals surface area contributed by atoms with Gasteiger partial charge in [0, 0.05) is 6.07 Å². The minimum absolute atomic E-state index is 0.0176. The number of carbonyl (C=O) groups excluding carboxylic acids is 1. The third kappa shape index (κ3) is 1.92. The molecule has 96 valence electrons. The molecule has 1 aliphatic rings. The zero-order valence-electron chi connectivity index (χ0n) is 9.27. The van der Waals surface area contributed by atoms with Gasteiger partial charge in [0.1, 0.15) is 13.2 Å². The largest absolute Gasteiger partial charge is 0.485 e. The van der Waals surface area contributed by atoms with Gasteiger partial charge in [0.2, 0.25) is 0 Å². The van der Waals surface area contributed by atoms with Crippen molar-refractivity contribution in [3.05, 3.63) is 26.8 Å². The number of benzene rings is 1. The lowest BCUT2D eigenvalue weighted by Gasteiger charge is -2.21. The van der Waals surface area contributed by atoms with Crippen molar-refractivity contribution in [2.24, 2.45) is 0 Å². The molecule has 18 heavy (non-hydrogen) atoms. The molecule has 0 unspecified atom stereocenters. The number of nitro groups is 1. The second-order valence-corrected chi connectivity index (χ2v) is 3.76. The average molecular weight is 274 g/mol. The first kappa shape index (κ1) is 12.4. The molecule has 0 fully saturated rings. The van der Waals surface area contributed by atoms with E-state index in [2.05, 4.69) is 4.74 Å². The van der Waals surface area contributed by atoms with Crippen LogP contribution in [0.3, 0.4) is 0 Å². The molecule has 2 rings (SSSR count). The number of hydrogen-bond donors (Lipinski definition) is 0. The lowest BCUT2D eigenvalue weighted by atomic mass is 10.1. The topological polar surface area (TPSA) is 87.9 Å². The van der Waals surface area contributed by atoms with Gasteiger partial charge in [-0.2, -0.15) is 0 Å². The summed E-state index contributed by atoms with van der Waals surface area (Å²) in [6.07, 6.45) is 0. The normalized spacial score (nSPS) is 13.0. The number of methoxy groups -OCH3 is 1. The maximum absolute atomic E-state index is 11.6. The summed E-state index contributed by atoms with van der Waals surface area (Å²) in [7, 11) is 1.12. The number of carbonyl (C=O) groups is 1.